The van der Waals surface area contributed by atoms with Gasteiger partial charge in [-0.15, -0.1) is 0 Å². The van der Waals surface area contributed by atoms with Gasteiger partial charge in [0.1, 0.15) is 6.10 Å². The average Bonchev–Trinajstić information content (AvgIpc) is 2.52. The molecule has 1 saturated heterocycles. The van der Waals surface area contributed by atoms with E-state index in [9.17, 15) is 13.9 Å². The summed E-state index contributed by atoms with van der Waals surface area (Å²) < 4.78 is 34.6. The number of nitrogens with zero attached hydrogens (tertiary/aromatic N) is 1. The van der Waals surface area contributed by atoms with Gasteiger partial charge in [0.2, 0.25) is 0 Å². The first-order valence-electron chi connectivity index (χ1n) is 8.50. The summed E-state index contributed by atoms with van der Waals surface area (Å²) in [6.45, 7) is 0.936. The van der Waals surface area contributed by atoms with Crippen molar-refractivity contribution >= 4 is 0 Å². The topological polar surface area (TPSA) is 32.7 Å². The van der Waals surface area contributed by atoms with Gasteiger partial charge in [0, 0.05) is 13.1 Å². The van der Waals surface area contributed by atoms with Crippen LogP contribution in [0.25, 0.3) is 0 Å². The third-order valence-corrected chi connectivity index (χ3v) is 4.86. The van der Waals surface area contributed by atoms with Crippen LogP contribution in [-0.2, 0) is 11.3 Å². The van der Waals surface area contributed by atoms with Crippen LogP contribution in [0.2, 0.25) is 0 Å². The van der Waals surface area contributed by atoms with Crippen molar-refractivity contribution in [2.75, 3.05) is 13.1 Å². The van der Waals surface area contributed by atoms with Crippen molar-refractivity contribution in [2.45, 2.75) is 62.9 Å². The maximum atomic E-state index is 14.4. The first-order valence-corrected chi connectivity index (χ1v) is 8.50. The molecule has 128 valence electrons. The summed E-state index contributed by atoms with van der Waals surface area (Å²) in [5.74, 6) is -2.82. The van der Waals surface area contributed by atoms with Crippen molar-refractivity contribution < 1.29 is 18.6 Å². The van der Waals surface area contributed by atoms with Gasteiger partial charge in [-0.05, 0) is 37.7 Å². The monoisotopic (exact) mass is 325 g/mol. The van der Waals surface area contributed by atoms with Gasteiger partial charge in [-0.25, -0.2) is 8.78 Å². The Morgan fingerprint density at radius 1 is 1.09 bits per heavy atom. The second kappa shape index (κ2) is 7.24. The van der Waals surface area contributed by atoms with Crippen LogP contribution in [0.5, 0.6) is 0 Å². The Balaban J connectivity index is 1.53. The average molecular weight is 325 g/mol. The van der Waals surface area contributed by atoms with Gasteiger partial charge in [-0.3, -0.25) is 4.90 Å². The Morgan fingerprint density at radius 2 is 1.78 bits per heavy atom. The van der Waals surface area contributed by atoms with Crippen LogP contribution in [0, 0.1) is 0 Å². The zero-order chi connectivity index (χ0) is 16.3. The number of aliphatic hydroxyl groups is 1. The highest BCUT2D eigenvalue weighted by Gasteiger charge is 2.46. The highest BCUT2D eigenvalue weighted by atomic mass is 19.3. The molecule has 1 saturated carbocycles. The van der Waals surface area contributed by atoms with Gasteiger partial charge in [0.25, 0.3) is 5.92 Å². The van der Waals surface area contributed by atoms with Gasteiger partial charge in [-0.1, -0.05) is 30.3 Å². The van der Waals surface area contributed by atoms with Crippen LogP contribution < -0.4 is 0 Å². The van der Waals surface area contributed by atoms with Crippen LogP contribution in [-0.4, -0.2) is 47.3 Å². The normalized spacial score (nSPS) is 31.9. The Bertz CT molecular complexity index is 489. The molecule has 1 aliphatic carbocycles. The van der Waals surface area contributed by atoms with Crippen molar-refractivity contribution in [3.05, 3.63) is 35.9 Å². The molecule has 2 aliphatic rings. The van der Waals surface area contributed by atoms with Crippen molar-refractivity contribution in [3.8, 4) is 0 Å². The molecule has 1 aromatic rings. The Morgan fingerprint density at radius 3 is 2.43 bits per heavy atom. The number of piperidine rings is 1. The number of aliphatic hydroxyl groups excluding tert-OH is 1. The molecule has 1 heterocycles. The molecule has 0 radical (unpaired) electrons. The highest BCUT2D eigenvalue weighted by Crippen LogP contribution is 2.33. The van der Waals surface area contributed by atoms with Gasteiger partial charge < -0.3 is 9.84 Å². The van der Waals surface area contributed by atoms with Crippen LogP contribution in [0.15, 0.2) is 30.3 Å². The molecule has 3 rings (SSSR count). The van der Waals surface area contributed by atoms with E-state index in [2.05, 4.69) is 0 Å². The molecule has 3 nitrogen and oxygen atoms in total. The van der Waals surface area contributed by atoms with Crippen molar-refractivity contribution in [1.29, 1.82) is 0 Å². The van der Waals surface area contributed by atoms with E-state index in [4.69, 9.17) is 4.74 Å². The minimum atomic E-state index is -2.82. The van der Waals surface area contributed by atoms with Gasteiger partial charge in [0.15, 0.2) is 0 Å². The van der Waals surface area contributed by atoms with Crippen LogP contribution in [0.1, 0.15) is 37.7 Å². The number of halogens is 2. The number of ether oxygens (including phenoxy) is 1. The quantitative estimate of drug-likeness (QED) is 0.923. The van der Waals surface area contributed by atoms with Gasteiger partial charge in [-0.2, -0.15) is 0 Å². The summed E-state index contributed by atoms with van der Waals surface area (Å²) >= 11 is 0. The fourth-order valence-corrected chi connectivity index (χ4v) is 3.55. The number of hydrogen-bond acceptors (Lipinski definition) is 3. The summed E-state index contributed by atoms with van der Waals surface area (Å²) in [6, 6.07) is 9.73. The third-order valence-electron chi connectivity index (χ3n) is 4.86. The van der Waals surface area contributed by atoms with Crippen molar-refractivity contribution in [3.63, 3.8) is 0 Å². The van der Waals surface area contributed by atoms with E-state index < -0.39 is 12.0 Å². The van der Waals surface area contributed by atoms with Crippen molar-refractivity contribution in [2.24, 2.45) is 0 Å². The number of likely N-dealkylation sites (tertiary alicyclic amines) is 1. The molecular weight excluding hydrogens is 300 g/mol. The predicted octanol–water partition coefficient (Wildman–Crippen LogP) is 3.22. The maximum Gasteiger partial charge on any atom is 0.286 e. The van der Waals surface area contributed by atoms with E-state index in [0.29, 0.717) is 45.2 Å². The molecule has 23 heavy (non-hydrogen) atoms. The van der Waals surface area contributed by atoms with Crippen molar-refractivity contribution in [1.82, 2.24) is 4.90 Å². The molecule has 2 fully saturated rings. The lowest BCUT2D eigenvalue weighted by molar-refractivity contribution is -0.197. The van der Waals surface area contributed by atoms with E-state index in [1.807, 2.05) is 30.3 Å². The van der Waals surface area contributed by atoms with Gasteiger partial charge >= 0.3 is 0 Å². The fraction of sp³-hybridized carbons (Fsp3) is 0.667. The minimum Gasteiger partial charge on any atom is -0.393 e. The summed E-state index contributed by atoms with van der Waals surface area (Å²) in [5, 5.41) is 9.50. The van der Waals surface area contributed by atoms with E-state index in [0.717, 1.165) is 5.56 Å². The lowest BCUT2D eigenvalue weighted by atomic mass is 9.94. The summed E-state index contributed by atoms with van der Waals surface area (Å²) in [7, 11) is 0. The Kier molecular flexibility index (Phi) is 5.29. The number of rotatable bonds is 4. The molecule has 0 aromatic heterocycles. The molecule has 1 aliphatic heterocycles. The van der Waals surface area contributed by atoms with Gasteiger partial charge in [0.05, 0.1) is 18.8 Å². The first-order chi connectivity index (χ1) is 11.0. The Labute approximate surface area is 136 Å². The molecule has 1 aromatic carbocycles. The van der Waals surface area contributed by atoms with Crippen LogP contribution in [0.3, 0.4) is 0 Å². The predicted molar refractivity (Wildman–Crippen MR) is 84.4 cm³/mol. The largest absolute Gasteiger partial charge is 0.393 e. The molecule has 1 N–H and O–H groups in total. The SMILES string of the molecule is OC1CCC(OC2CCN(Cc3ccccc3)CC2(F)F)CC1. The zero-order valence-electron chi connectivity index (χ0n) is 13.3. The maximum absolute atomic E-state index is 14.4. The summed E-state index contributed by atoms with van der Waals surface area (Å²) in [5.41, 5.74) is 1.06. The molecule has 1 unspecified atom stereocenters. The number of benzene rings is 1. The molecule has 5 heteroatoms. The Hall–Kier alpha value is -1.04. The van der Waals surface area contributed by atoms with E-state index in [-0.39, 0.29) is 18.8 Å². The lowest BCUT2D eigenvalue weighted by Gasteiger charge is -2.40. The smallest absolute Gasteiger partial charge is 0.286 e. The van der Waals surface area contributed by atoms with E-state index >= 15 is 0 Å². The molecule has 0 spiro atoms. The van der Waals surface area contributed by atoms with E-state index in [1.54, 1.807) is 4.90 Å². The fourth-order valence-electron chi connectivity index (χ4n) is 3.55. The zero-order valence-corrected chi connectivity index (χ0v) is 13.3. The molecular formula is C18H25F2NO2. The minimum absolute atomic E-state index is 0.130. The molecule has 0 bridgehead atoms. The standard InChI is InChI=1S/C18H25F2NO2/c19-18(20)13-21(12-14-4-2-1-3-5-14)11-10-17(18)23-16-8-6-15(22)7-9-16/h1-5,15-17,22H,6-13H2. The first kappa shape index (κ1) is 16.8. The number of alkyl halides is 2. The second-order valence-corrected chi connectivity index (χ2v) is 6.80. The summed E-state index contributed by atoms with van der Waals surface area (Å²) in [6.07, 6.45) is 1.63. The van der Waals surface area contributed by atoms with Crippen LogP contribution >= 0.6 is 0 Å². The molecule has 0 amide bonds. The molecule has 1 atom stereocenters. The highest BCUT2D eigenvalue weighted by molar-refractivity contribution is 5.14. The van der Waals surface area contributed by atoms with Crippen LogP contribution in [0.4, 0.5) is 8.78 Å². The number of hydrogen-bond donors (Lipinski definition) is 1. The van der Waals surface area contributed by atoms with E-state index in [1.165, 1.54) is 0 Å². The third kappa shape index (κ3) is 4.49. The summed E-state index contributed by atoms with van der Waals surface area (Å²) in [4.78, 5) is 1.81. The second-order valence-electron chi connectivity index (χ2n) is 6.80. The lowest BCUT2D eigenvalue weighted by Crippen LogP contribution is -2.53.